The van der Waals surface area contributed by atoms with Crippen LogP contribution in [0.3, 0.4) is 0 Å². The van der Waals surface area contributed by atoms with Gasteiger partial charge < -0.3 is 9.47 Å². The highest BCUT2D eigenvalue weighted by Crippen LogP contribution is 2.33. The summed E-state index contributed by atoms with van der Waals surface area (Å²) in [6.45, 7) is 3.83. The fourth-order valence-electron chi connectivity index (χ4n) is 1.74. The van der Waals surface area contributed by atoms with Crippen molar-refractivity contribution in [3.8, 4) is 17.1 Å². The number of nitrogens with zero attached hydrogens (tertiary/aromatic N) is 1. The highest BCUT2D eigenvalue weighted by Gasteiger charge is 2.14. The van der Waals surface area contributed by atoms with Crippen molar-refractivity contribution in [2.24, 2.45) is 0 Å². The van der Waals surface area contributed by atoms with E-state index in [1.54, 1.807) is 14.2 Å². The van der Waals surface area contributed by atoms with Crippen LogP contribution in [0.2, 0.25) is 0 Å². The summed E-state index contributed by atoms with van der Waals surface area (Å²) in [5.41, 5.74) is 2.57. The monoisotopic (exact) mass is 319 g/mol. The maximum absolute atomic E-state index is 5.31. The van der Waals surface area contributed by atoms with Crippen LogP contribution in [0.5, 0.6) is 5.88 Å². The largest absolute Gasteiger partial charge is 0.497 e. The van der Waals surface area contributed by atoms with Crippen molar-refractivity contribution in [1.82, 2.24) is 4.98 Å². The first-order valence-electron chi connectivity index (χ1n) is 5.70. The number of ether oxygens (including phenoxy) is 2. The Morgan fingerprint density at radius 3 is 2.47 bits per heavy atom. The van der Waals surface area contributed by atoms with Crippen molar-refractivity contribution >= 4 is 21.7 Å². The number of hydrogen-bond acceptors (Lipinski definition) is 3. The Kier molecular flexibility index (Phi) is 4.22. The summed E-state index contributed by atoms with van der Waals surface area (Å²) in [7, 11) is 3.15. The van der Waals surface area contributed by atoms with Crippen molar-refractivity contribution in [1.29, 1.82) is 0 Å². The molecule has 0 saturated heterocycles. The zero-order valence-corrected chi connectivity index (χ0v) is 12.4. The molecule has 98 valence electrons. The predicted molar refractivity (Wildman–Crippen MR) is 80.0 cm³/mol. The molecule has 1 heterocycles. The van der Waals surface area contributed by atoms with Crippen molar-refractivity contribution in [2.75, 3.05) is 14.2 Å². The fraction of sp³-hybridized carbons (Fsp3) is 0.133. The Balaban J connectivity index is 2.57. The van der Waals surface area contributed by atoms with E-state index < -0.39 is 0 Å². The van der Waals surface area contributed by atoms with Gasteiger partial charge in [0.1, 0.15) is 5.76 Å². The molecule has 2 aromatic rings. The van der Waals surface area contributed by atoms with Gasteiger partial charge in [-0.25, -0.2) is 4.98 Å². The zero-order chi connectivity index (χ0) is 13.8. The molecule has 3 nitrogen and oxygen atoms in total. The molecule has 0 atom stereocenters. The molecule has 0 spiro atoms. The minimum atomic E-state index is 0.494. The van der Waals surface area contributed by atoms with E-state index in [4.69, 9.17) is 9.47 Å². The maximum atomic E-state index is 5.31. The molecule has 2 rings (SSSR count). The van der Waals surface area contributed by atoms with Gasteiger partial charge in [0.2, 0.25) is 5.88 Å². The molecule has 0 radical (unpaired) electrons. The van der Waals surface area contributed by atoms with Crippen LogP contribution < -0.4 is 4.74 Å². The van der Waals surface area contributed by atoms with Gasteiger partial charge in [0.25, 0.3) is 0 Å². The Labute approximate surface area is 121 Å². The van der Waals surface area contributed by atoms with Crippen LogP contribution in [0.25, 0.3) is 17.0 Å². The number of pyridine rings is 1. The Hall–Kier alpha value is -1.81. The summed E-state index contributed by atoms with van der Waals surface area (Å²) >= 11 is 3.53. The SMILES string of the molecule is C=C(OC)c1cc(Br)c(-c2ccccc2)nc1OC. The van der Waals surface area contributed by atoms with E-state index in [2.05, 4.69) is 27.5 Å². The third kappa shape index (κ3) is 2.79. The topological polar surface area (TPSA) is 31.4 Å². The molecular formula is C15H14BrNO2. The lowest BCUT2D eigenvalue weighted by molar-refractivity contribution is 0.359. The normalized spacial score (nSPS) is 10.1. The minimum Gasteiger partial charge on any atom is -0.497 e. The lowest BCUT2D eigenvalue weighted by Gasteiger charge is -2.12. The van der Waals surface area contributed by atoms with Crippen molar-refractivity contribution in [3.63, 3.8) is 0 Å². The van der Waals surface area contributed by atoms with Gasteiger partial charge in [0.15, 0.2) is 0 Å². The smallest absolute Gasteiger partial charge is 0.224 e. The molecular weight excluding hydrogens is 306 g/mol. The summed E-state index contributed by atoms with van der Waals surface area (Å²) in [6, 6.07) is 11.8. The number of aromatic nitrogens is 1. The van der Waals surface area contributed by atoms with Gasteiger partial charge in [0, 0.05) is 10.0 Å². The van der Waals surface area contributed by atoms with Gasteiger partial charge in [-0.05, 0) is 22.0 Å². The molecule has 0 aliphatic carbocycles. The molecule has 19 heavy (non-hydrogen) atoms. The van der Waals surface area contributed by atoms with E-state index in [1.807, 2.05) is 36.4 Å². The molecule has 0 bridgehead atoms. The van der Waals surface area contributed by atoms with Crippen LogP contribution in [-0.4, -0.2) is 19.2 Å². The number of hydrogen-bond donors (Lipinski definition) is 0. The van der Waals surface area contributed by atoms with Crippen molar-refractivity contribution < 1.29 is 9.47 Å². The minimum absolute atomic E-state index is 0.494. The lowest BCUT2D eigenvalue weighted by Crippen LogP contribution is -1.98. The average Bonchev–Trinajstić information content (AvgIpc) is 2.47. The van der Waals surface area contributed by atoms with Gasteiger partial charge in [-0.15, -0.1) is 0 Å². The van der Waals surface area contributed by atoms with Gasteiger partial charge in [-0.2, -0.15) is 0 Å². The predicted octanol–water partition coefficient (Wildman–Crippen LogP) is 4.14. The highest BCUT2D eigenvalue weighted by atomic mass is 79.9. The van der Waals surface area contributed by atoms with E-state index in [1.165, 1.54) is 0 Å². The average molecular weight is 320 g/mol. The Morgan fingerprint density at radius 1 is 1.21 bits per heavy atom. The van der Waals surface area contributed by atoms with E-state index in [0.717, 1.165) is 21.3 Å². The quantitative estimate of drug-likeness (QED) is 0.794. The zero-order valence-electron chi connectivity index (χ0n) is 10.8. The van der Waals surface area contributed by atoms with E-state index in [-0.39, 0.29) is 0 Å². The molecule has 4 heteroatoms. The Morgan fingerprint density at radius 2 is 1.89 bits per heavy atom. The number of rotatable bonds is 4. The van der Waals surface area contributed by atoms with Crippen LogP contribution in [0, 0.1) is 0 Å². The van der Waals surface area contributed by atoms with Crippen LogP contribution in [0.4, 0.5) is 0 Å². The summed E-state index contributed by atoms with van der Waals surface area (Å²) in [4.78, 5) is 4.52. The molecule has 0 unspecified atom stereocenters. The second kappa shape index (κ2) is 5.89. The summed E-state index contributed by atoms with van der Waals surface area (Å²) < 4.78 is 11.3. The maximum Gasteiger partial charge on any atom is 0.224 e. The fourth-order valence-corrected chi connectivity index (χ4v) is 2.28. The lowest BCUT2D eigenvalue weighted by atomic mass is 10.1. The van der Waals surface area contributed by atoms with Gasteiger partial charge in [-0.3, -0.25) is 0 Å². The molecule has 0 fully saturated rings. The van der Waals surface area contributed by atoms with Gasteiger partial charge in [-0.1, -0.05) is 36.9 Å². The highest BCUT2D eigenvalue weighted by molar-refractivity contribution is 9.10. The van der Waals surface area contributed by atoms with Crippen molar-refractivity contribution in [2.45, 2.75) is 0 Å². The third-order valence-electron chi connectivity index (χ3n) is 2.73. The molecule has 1 aromatic heterocycles. The van der Waals surface area contributed by atoms with Crippen LogP contribution in [0.1, 0.15) is 5.56 Å². The summed E-state index contributed by atoms with van der Waals surface area (Å²) in [6.07, 6.45) is 0. The van der Waals surface area contributed by atoms with Crippen molar-refractivity contribution in [3.05, 3.63) is 53.0 Å². The van der Waals surface area contributed by atoms with E-state index in [9.17, 15) is 0 Å². The molecule has 0 saturated carbocycles. The standard InChI is InChI=1S/C15H14BrNO2/c1-10(18-2)12-9-13(16)14(17-15(12)19-3)11-7-5-4-6-8-11/h4-9H,1H2,2-3H3. The Bertz CT molecular complexity index is 597. The first-order valence-corrected chi connectivity index (χ1v) is 6.50. The first-order chi connectivity index (χ1) is 9.17. The van der Waals surface area contributed by atoms with Crippen LogP contribution in [0.15, 0.2) is 47.4 Å². The third-order valence-corrected chi connectivity index (χ3v) is 3.33. The molecule has 1 aromatic carbocycles. The van der Waals surface area contributed by atoms with Crippen LogP contribution in [-0.2, 0) is 4.74 Å². The van der Waals surface area contributed by atoms with Crippen LogP contribution >= 0.6 is 15.9 Å². The van der Waals surface area contributed by atoms with Gasteiger partial charge in [0.05, 0.1) is 25.5 Å². The molecule has 0 aliphatic rings. The molecule has 0 aliphatic heterocycles. The number of benzene rings is 1. The second-order valence-corrected chi connectivity index (χ2v) is 4.72. The second-order valence-electron chi connectivity index (χ2n) is 3.87. The number of methoxy groups -OCH3 is 2. The first kappa shape index (κ1) is 13.6. The summed E-state index contributed by atoms with van der Waals surface area (Å²) in [5.74, 6) is 1.01. The van der Waals surface area contributed by atoms with Gasteiger partial charge >= 0.3 is 0 Å². The van der Waals surface area contributed by atoms with E-state index in [0.29, 0.717) is 11.6 Å². The molecule has 0 amide bonds. The van der Waals surface area contributed by atoms with E-state index >= 15 is 0 Å². The number of halogens is 1. The summed E-state index contributed by atoms with van der Waals surface area (Å²) in [5, 5.41) is 0. The molecule has 0 N–H and O–H groups in total.